The van der Waals surface area contributed by atoms with Crippen molar-refractivity contribution in [3.05, 3.63) is 53.6 Å². The van der Waals surface area contributed by atoms with E-state index in [1.165, 1.54) is 0 Å². The number of ether oxygens (including phenoxy) is 3. The highest BCUT2D eigenvalue weighted by Gasteiger charge is 2.16. The summed E-state index contributed by atoms with van der Waals surface area (Å²) in [6, 6.07) is 14.5. The maximum absolute atomic E-state index is 12.3. The van der Waals surface area contributed by atoms with E-state index >= 15 is 0 Å². The Hall–Kier alpha value is -3.20. The van der Waals surface area contributed by atoms with Gasteiger partial charge in [0.1, 0.15) is 11.8 Å². The molecule has 28 heavy (non-hydrogen) atoms. The quantitative estimate of drug-likeness (QED) is 0.632. The van der Waals surface area contributed by atoms with E-state index in [2.05, 4.69) is 18.3 Å². The van der Waals surface area contributed by atoms with E-state index in [9.17, 15) is 4.79 Å². The van der Waals surface area contributed by atoms with Gasteiger partial charge in [-0.15, -0.1) is 0 Å². The summed E-state index contributed by atoms with van der Waals surface area (Å²) in [4.78, 5) is 12.3. The van der Waals surface area contributed by atoms with E-state index in [4.69, 9.17) is 19.5 Å². The number of amides is 1. The molecule has 148 valence electrons. The van der Waals surface area contributed by atoms with E-state index in [0.29, 0.717) is 36.0 Å². The van der Waals surface area contributed by atoms with E-state index in [1.54, 1.807) is 38.3 Å². The molecule has 0 spiro atoms. The molecular formula is C22H26N2O4. The summed E-state index contributed by atoms with van der Waals surface area (Å²) < 4.78 is 16.7. The standard InChI is InChI=1S/C22H26N2O4/c1-4-5-12-27-20-11-10-17(13-21(20)26-3)15-24-22(25)16(2)28-19-9-7-6-8-18(19)14-23/h6-11,13,16H,4-5,12,15H2,1-3H3,(H,24,25). The van der Waals surface area contributed by atoms with E-state index in [-0.39, 0.29) is 5.91 Å². The zero-order valence-electron chi connectivity index (χ0n) is 16.5. The lowest BCUT2D eigenvalue weighted by atomic mass is 10.2. The minimum absolute atomic E-state index is 0.269. The number of carbonyl (C=O) groups excluding carboxylic acids is 1. The van der Waals surface area contributed by atoms with Crippen molar-refractivity contribution in [3.8, 4) is 23.3 Å². The second-order valence-corrected chi connectivity index (χ2v) is 6.27. The van der Waals surface area contributed by atoms with Gasteiger partial charge in [-0.2, -0.15) is 5.26 Å². The Labute approximate surface area is 166 Å². The second kappa shape index (κ2) is 10.8. The first kappa shape index (κ1) is 21.1. The zero-order chi connectivity index (χ0) is 20.4. The topological polar surface area (TPSA) is 80.6 Å². The van der Waals surface area contributed by atoms with E-state index < -0.39 is 6.10 Å². The van der Waals surface area contributed by atoms with Crippen LogP contribution in [-0.4, -0.2) is 25.7 Å². The number of unbranched alkanes of at least 4 members (excludes halogenated alkanes) is 1. The Balaban J connectivity index is 1.93. The maximum Gasteiger partial charge on any atom is 0.261 e. The Morgan fingerprint density at radius 3 is 2.68 bits per heavy atom. The number of hydrogen-bond acceptors (Lipinski definition) is 5. The fraction of sp³-hybridized carbons (Fsp3) is 0.364. The molecule has 1 unspecified atom stereocenters. The Bertz CT molecular complexity index is 830. The summed E-state index contributed by atoms with van der Waals surface area (Å²) in [6.45, 7) is 4.73. The summed E-state index contributed by atoms with van der Waals surface area (Å²) in [5.74, 6) is 1.45. The van der Waals surface area contributed by atoms with Crippen molar-refractivity contribution in [1.29, 1.82) is 5.26 Å². The van der Waals surface area contributed by atoms with Crippen molar-refractivity contribution < 1.29 is 19.0 Å². The third kappa shape index (κ3) is 5.92. The van der Waals surface area contributed by atoms with Gasteiger partial charge in [0.15, 0.2) is 17.6 Å². The van der Waals surface area contributed by atoms with Crippen LogP contribution in [0.2, 0.25) is 0 Å². The molecule has 0 bridgehead atoms. The van der Waals surface area contributed by atoms with Crippen molar-refractivity contribution in [3.63, 3.8) is 0 Å². The summed E-state index contributed by atoms with van der Waals surface area (Å²) in [7, 11) is 1.59. The van der Waals surface area contributed by atoms with Gasteiger partial charge in [-0.25, -0.2) is 0 Å². The first-order chi connectivity index (χ1) is 13.6. The van der Waals surface area contributed by atoms with Crippen molar-refractivity contribution in [2.24, 2.45) is 0 Å². The van der Waals surface area contributed by atoms with Crippen molar-refractivity contribution in [2.45, 2.75) is 39.3 Å². The van der Waals surface area contributed by atoms with Crippen molar-refractivity contribution in [1.82, 2.24) is 5.32 Å². The molecule has 1 atom stereocenters. The van der Waals surface area contributed by atoms with Crippen LogP contribution in [0.3, 0.4) is 0 Å². The molecule has 0 radical (unpaired) electrons. The number of nitriles is 1. The van der Waals surface area contributed by atoms with Crippen LogP contribution >= 0.6 is 0 Å². The molecule has 2 aromatic rings. The van der Waals surface area contributed by atoms with Crippen LogP contribution in [0.4, 0.5) is 0 Å². The number of nitrogens with zero attached hydrogens (tertiary/aromatic N) is 1. The van der Waals surface area contributed by atoms with Gasteiger partial charge in [-0.1, -0.05) is 31.5 Å². The van der Waals surface area contributed by atoms with Crippen molar-refractivity contribution in [2.75, 3.05) is 13.7 Å². The van der Waals surface area contributed by atoms with Gasteiger partial charge < -0.3 is 19.5 Å². The average molecular weight is 382 g/mol. The number of nitrogens with one attached hydrogen (secondary N) is 1. The molecule has 0 aromatic heterocycles. The molecule has 0 fully saturated rings. The van der Waals surface area contributed by atoms with Gasteiger partial charge >= 0.3 is 0 Å². The molecule has 0 saturated heterocycles. The minimum atomic E-state index is -0.729. The molecule has 2 rings (SSSR count). The zero-order valence-corrected chi connectivity index (χ0v) is 16.5. The van der Waals surface area contributed by atoms with Crippen LogP contribution in [0.5, 0.6) is 17.2 Å². The van der Waals surface area contributed by atoms with E-state index in [0.717, 1.165) is 18.4 Å². The first-order valence-electron chi connectivity index (χ1n) is 9.32. The van der Waals surface area contributed by atoms with Gasteiger partial charge in [0.2, 0.25) is 0 Å². The molecule has 2 aromatic carbocycles. The van der Waals surface area contributed by atoms with Crippen LogP contribution in [0.25, 0.3) is 0 Å². The van der Waals surface area contributed by atoms with Gasteiger partial charge in [0.05, 0.1) is 19.3 Å². The lowest BCUT2D eigenvalue weighted by Gasteiger charge is -2.16. The number of hydrogen-bond donors (Lipinski definition) is 1. The summed E-state index contributed by atoms with van der Waals surface area (Å²) in [5.41, 5.74) is 1.28. The summed E-state index contributed by atoms with van der Waals surface area (Å²) in [6.07, 6.45) is 1.31. The highest BCUT2D eigenvalue weighted by atomic mass is 16.5. The SMILES string of the molecule is CCCCOc1ccc(CNC(=O)C(C)Oc2ccccc2C#N)cc1OC. The van der Waals surface area contributed by atoms with Gasteiger partial charge in [-0.05, 0) is 43.2 Å². The molecule has 1 N–H and O–H groups in total. The van der Waals surface area contributed by atoms with Gasteiger partial charge in [-0.3, -0.25) is 4.79 Å². The summed E-state index contributed by atoms with van der Waals surface area (Å²) >= 11 is 0. The normalized spacial score (nSPS) is 11.2. The number of carbonyl (C=O) groups is 1. The van der Waals surface area contributed by atoms with Crippen LogP contribution in [0.1, 0.15) is 37.8 Å². The molecule has 1 amide bonds. The Kier molecular flexibility index (Phi) is 8.16. The largest absolute Gasteiger partial charge is 0.493 e. The molecular weight excluding hydrogens is 356 g/mol. The molecule has 0 heterocycles. The third-order valence-corrected chi connectivity index (χ3v) is 4.13. The van der Waals surface area contributed by atoms with Crippen LogP contribution in [0, 0.1) is 11.3 Å². The smallest absolute Gasteiger partial charge is 0.261 e. The average Bonchev–Trinajstić information content (AvgIpc) is 2.73. The monoisotopic (exact) mass is 382 g/mol. The highest BCUT2D eigenvalue weighted by Crippen LogP contribution is 2.28. The second-order valence-electron chi connectivity index (χ2n) is 6.27. The predicted molar refractivity (Wildman–Crippen MR) is 106 cm³/mol. The highest BCUT2D eigenvalue weighted by molar-refractivity contribution is 5.80. The number of rotatable bonds is 10. The first-order valence-corrected chi connectivity index (χ1v) is 9.32. The Morgan fingerprint density at radius 2 is 1.96 bits per heavy atom. The molecule has 0 aliphatic rings. The predicted octanol–water partition coefficient (Wildman–Crippen LogP) is 3.83. The molecule has 0 saturated carbocycles. The molecule has 6 heteroatoms. The Morgan fingerprint density at radius 1 is 1.18 bits per heavy atom. The van der Waals surface area contributed by atoms with Crippen molar-refractivity contribution >= 4 is 5.91 Å². The summed E-state index contributed by atoms with van der Waals surface area (Å²) in [5, 5.41) is 11.9. The fourth-order valence-electron chi connectivity index (χ4n) is 2.51. The van der Waals surface area contributed by atoms with Gasteiger partial charge in [0.25, 0.3) is 5.91 Å². The molecule has 0 aliphatic carbocycles. The van der Waals surface area contributed by atoms with Crippen LogP contribution in [-0.2, 0) is 11.3 Å². The number of benzene rings is 2. The fourth-order valence-corrected chi connectivity index (χ4v) is 2.51. The molecule has 0 aliphatic heterocycles. The lowest BCUT2D eigenvalue weighted by Crippen LogP contribution is -2.36. The lowest BCUT2D eigenvalue weighted by molar-refractivity contribution is -0.127. The van der Waals surface area contributed by atoms with E-state index in [1.807, 2.05) is 18.2 Å². The maximum atomic E-state index is 12.3. The third-order valence-electron chi connectivity index (χ3n) is 4.13. The van der Waals surface area contributed by atoms with Crippen LogP contribution < -0.4 is 19.5 Å². The number of para-hydroxylation sites is 1. The van der Waals surface area contributed by atoms with Crippen LogP contribution in [0.15, 0.2) is 42.5 Å². The van der Waals surface area contributed by atoms with Gasteiger partial charge in [0, 0.05) is 6.54 Å². The number of methoxy groups -OCH3 is 1. The minimum Gasteiger partial charge on any atom is -0.493 e. The molecule has 6 nitrogen and oxygen atoms in total.